The van der Waals surface area contributed by atoms with Gasteiger partial charge in [0.15, 0.2) is 5.60 Å². The summed E-state index contributed by atoms with van der Waals surface area (Å²) in [5.41, 5.74) is -1.31. The predicted octanol–water partition coefficient (Wildman–Crippen LogP) is 1.38. The molecule has 0 aromatic carbocycles. The molecule has 15 heavy (non-hydrogen) atoms. The summed E-state index contributed by atoms with van der Waals surface area (Å²) in [5, 5.41) is 0. The molecule has 0 N–H and O–H groups in total. The molecule has 0 amide bonds. The van der Waals surface area contributed by atoms with E-state index in [-0.39, 0.29) is 11.9 Å². The van der Waals surface area contributed by atoms with E-state index in [9.17, 15) is 4.79 Å². The molecule has 1 saturated heterocycles. The van der Waals surface area contributed by atoms with Gasteiger partial charge in [-0.3, -0.25) is 0 Å². The minimum atomic E-state index is -0.800. The van der Waals surface area contributed by atoms with E-state index in [1.54, 1.807) is 7.11 Å². The molecular formula is C11H20O4. The normalized spacial score (nSPS) is 34.3. The van der Waals surface area contributed by atoms with Crippen LogP contribution in [0.5, 0.6) is 0 Å². The van der Waals surface area contributed by atoms with Crippen molar-refractivity contribution < 1.29 is 19.0 Å². The number of methoxy groups -OCH3 is 2. The maximum atomic E-state index is 11.7. The zero-order chi connectivity index (χ0) is 11.7. The fourth-order valence-corrected chi connectivity index (χ4v) is 2.29. The van der Waals surface area contributed by atoms with E-state index < -0.39 is 11.2 Å². The molecule has 0 spiro atoms. The van der Waals surface area contributed by atoms with Crippen molar-refractivity contribution in [2.75, 3.05) is 20.8 Å². The van der Waals surface area contributed by atoms with E-state index in [1.807, 2.05) is 20.8 Å². The second kappa shape index (κ2) is 4.10. The zero-order valence-corrected chi connectivity index (χ0v) is 10.1. The first-order chi connectivity index (χ1) is 7.00. The van der Waals surface area contributed by atoms with E-state index in [0.29, 0.717) is 13.0 Å². The highest BCUT2D eigenvalue weighted by atomic mass is 16.7. The highest BCUT2D eigenvalue weighted by molar-refractivity contribution is 5.85. The van der Waals surface area contributed by atoms with Gasteiger partial charge in [-0.15, -0.1) is 0 Å². The summed E-state index contributed by atoms with van der Waals surface area (Å²) in [5.74, 6) is -0.0766. The van der Waals surface area contributed by atoms with Crippen LogP contribution in [0, 0.1) is 5.92 Å². The lowest BCUT2D eigenvalue weighted by Gasteiger charge is -2.20. The van der Waals surface area contributed by atoms with Crippen molar-refractivity contribution in [2.24, 2.45) is 5.92 Å². The van der Waals surface area contributed by atoms with Gasteiger partial charge in [-0.1, -0.05) is 20.8 Å². The van der Waals surface area contributed by atoms with Gasteiger partial charge in [-0.25, -0.2) is 4.79 Å². The molecule has 0 aliphatic carbocycles. The standard InChI is InChI=1S/C11H20O4/c1-6-10(9(12)14-5)11(15-10,7-13-4)8(2)3/h8H,6-7H2,1-5H3. The molecule has 0 radical (unpaired) electrons. The Labute approximate surface area is 90.9 Å². The van der Waals surface area contributed by atoms with Crippen LogP contribution in [-0.2, 0) is 19.0 Å². The van der Waals surface area contributed by atoms with Crippen LogP contribution >= 0.6 is 0 Å². The molecule has 0 bridgehead atoms. The van der Waals surface area contributed by atoms with Crippen molar-refractivity contribution >= 4 is 5.97 Å². The molecule has 1 heterocycles. The van der Waals surface area contributed by atoms with Gasteiger partial charge in [0.25, 0.3) is 0 Å². The van der Waals surface area contributed by atoms with Crippen LogP contribution < -0.4 is 0 Å². The topological polar surface area (TPSA) is 48.1 Å². The molecule has 4 heteroatoms. The number of epoxide rings is 1. The molecule has 0 aromatic rings. The average molecular weight is 216 g/mol. The molecular weight excluding hydrogens is 196 g/mol. The second-order valence-electron chi connectivity index (χ2n) is 4.25. The van der Waals surface area contributed by atoms with Crippen molar-refractivity contribution in [2.45, 2.75) is 38.4 Å². The van der Waals surface area contributed by atoms with Crippen LogP contribution in [0.1, 0.15) is 27.2 Å². The van der Waals surface area contributed by atoms with Crippen LogP contribution in [-0.4, -0.2) is 38.0 Å². The third-order valence-electron chi connectivity index (χ3n) is 3.30. The van der Waals surface area contributed by atoms with Crippen LogP contribution in [0.3, 0.4) is 0 Å². The molecule has 1 fully saturated rings. The molecule has 88 valence electrons. The Morgan fingerprint density at radius 1 is 1.40 bits per heavy atom. The summed E-state index contributed by atoms with van der Waals surface area (Å²) < 4.78 is 15.6. The Morgan fingerprint density at radius 2 is 2.00 bits per heavy atom. The SMILES string of the molecule is CCC1(C(=O)OC)OC1(COC)C(C)C. The maximum absolute atomic E-state index is 11.7. The Kier molecular flexibility index (Phi) is 3.41. The van der Waals surface area contributed by atoms with Gasteiger partial charge in [0.2, 0.25) is 0 Å². The number of rotatable bonds is 5. The first-order valence-corrected chi connectivity index (χ1v) is 5.28. The Morgan fingerprint density at radius 3 is 2.33 bits per heavy atom. The van der Waals surface area contributed by atoms with Gasteiger partial charge < -0.3 is 14.2 Å². The van der Waals surface area contributed by atoms with Crippen molar-refractivity contribution in [3.8, 4) is 0 Å². The summed E-state index contributed by atoms with van der Waals surface area (Å²) >= 11 is 0. The lowest BCUT2D eigenvalue weighted by molar-refractivity contribution is -0.147. The summed E-state index contributed by atoms with van der Waals surface area (Å²) in [7, 11) is 3.00. The smallest absolute Gasteiger partial charge is 0.341 e. The second-order valence-corrected chi connectivity index (χ2v) is 4.25. The number of ether oxygens (including phenoxy) is 3. The zero-order valence-electron chi connectivity index (χ0n) is 10.1. The van der Waals surface area contributed by atoms with Gasteiger partial charge >= 0.3 is 5.97 Å². The van der Waals surface area contributed by atoms with E-state index in [1.165, 1.54) is 7.11 Å². The van der Waals surface area contributed by atoms with Crippen molar-refractivity contribution in [1.82, 2.24) is 0 Å². The highest BCUT2D eigenvalue weighted by Crippen LogP contribution is 2.55. The van der Waals surface area contributed by atoms with E-state index in [4.69, 9.17) is 14.2 Å². The summed E-state index contributed by atoms with van der Waals surface area (Å²) in [4.78, 5) is 11.7. The number of carbonyl (C=O) groups is 1. The molecule has 0 saturated carbocycles. The minimum Gasteiger partial charge on any atom is -0.467 e. The first kappa shape index (κ1) is 12.5. The summed E-state index contributed by atoms with van der Waals surface area (Å²) in [6.45, 7) is 6.41. The van der Waals surface area contributed by atoms with E-state index in [2.05, 4.69) is 0 Å². The fourth-order valence-electron chi connectivity index (χ4n) is 2.29. The summed E-state index contributed by atoms with van der Waals surface area (Å²) in [6.07, 6.45) is 0.612. The third-order valence-corrected chi connectivity index (χ3v) is 3.30. The largest absolute Gasteiger partial charge is 0.467 e. The molecule has 1 aliphatic heterocycles. The Balaban J connectivity index is 2.92. The number of hydrogen-bond acceptors (Lipinski definition) is 4. The maximum Gasteiger partial charge on any atom is 0.341 e. The van der Waals surface area contributed by atoms with E-state index in [0.717, 1.165) is 0 Å². The van der Waals surface area contributed by atoms with Gasteiger partial charge in [-0.2, -0.15) is 0 Å². The molecule has 4 nitrogen and oxygen atoms in total. The average Bonchev–Trinajstić information content (AvgIpc) is 2.89. The van der Waals surface area contributed by atoms with Crippen LogP contribution in [0.4, 0.5) is 0 Å². The van der Waals surface area contributed by atoms with Crippen LogP contribution in [0.2, 0.25) is 0 Å². The molecule has 2 unspecified atom stereocenters. The van der Waals surface area contributed by atoms with Gasteiger partial charge in [0.05, 0.1) is 13.7 Å². The lowest BCUT2D eigenvalue weighted by Crippen LogP contribution is -2.41. The molecule has 1 aliphatic rings. The molecule has 2 atom stereocenters. The predicted molar refractivity (Wildman–Crippen MR) is 55.6 cm³/mol. The quantitative estimate of drug-likeness (QED) is 0.514. The highest BCUT2D eigenvalue weighted by Gasteiger charge is 2.75. The number of hydrogen-bond donors (Lipinski definition) is 0. The fraction of sp³-hybridized carbons (Fsp3) is 0.909. The van der Waals surface area contributed by atoms with Crippen molar-refractivity contribution in [3.63, 3.8) is 0 Å². The van der Waals surface area contributed by atoms with Gasteiger partial charge in [-0.05, 0) is 12.3 Å². The summed E-state index contributed by atoms with van der Waals surface area (Å²) in [6, 6.07) is 0. The molecule has 0 aromatic heterocycles. The third kappa shape index (κ3) is 1.56. The Bertz CT molecular complexity index is 251. The van der Waals surface area contributed by atoms with Crippen molar-refractivity contribution in [1.29, 1.82) is 0 Å². The van der Waals surface area contributed by atoms with Crippen LogP contribution in [0.25, 0.3) is 0 Å². The number of carbonyl (C=O) groups excluding carboxylic acids is 1. The van der Waals surface area contributed by atoms with Crippen molar-refractivity contribution in [3.05, 3.63) is 0 Å². The lowest BCUT2D eigenvalue weighted by atomic mass is 9.82. The monoisotopic (exact) mass is 216 g/mol. The van der Waals surface area contributed by atoms with Crippen LogP contribution in [0.15, 0.2) is 0 Å². The Hall–Kier alpha value is -0.610. The van der Waals surface area contributed by atoms with E-state index >= 15 is 0 Å². The van der Waals surface area contributed by atoms with Gasteiger partial charge in [0.1, 0.15) is 5.60 Å². The van der Waals surface area contributed by atoms with Gasteiger partial charge in [0, 0.05) is 7.11 Å². The number of esters is 1. The first-order valence-electron chi connectivity index (χ1n) is 5.28. The molecule has 1 rings (SSSR count). The minimum absolute atomic E-state index is 0.219.